The summed E-state index contributed by atoms with van der Waals surface area (Å²) in [5, 5.41) is 11.2. The van der Waals surface area contributed by atoms with Crippen LogP contribution >= 0.6 is 11.3 Å². The quantitative estimate of drug-likeness (QED) is 0.300. The smallest absolute Gasteiger partial charge is 0.326 e. The van der Waals surface area contributed by atoms with Gasteiger partial charge in [-0.15, -0.1) is 0 Å². The van der Waals surface area contributed by atoms with E-state index in [1.165, 1.54) is 28.0 Å². The van der Waals surface area contributed by atoms with Gasteiger partial charge < -0.3 is 14.0 Å². The average molecular weight is 443 g/mol. The number of fused-ring (bicyclic) bond motifs is 1. The van der Waals surface area contributed by atoms with Gasteiger partial charge in [0.1, 0.15) is 12.3 Å². The second-order valence-electron chi connectivity index (χ2n) is 6.44. The number of ether oxygens (including phenoxy) is 2. The lowest BCUT2D eigenvalue weighted by Gasteiger charge is -2.05. The topological polar surface area (TPSA) is 113 Å². The molecule has 0 saturated carbocycles. The Morgan fingerprint density at radius 1 is 1.13 bits per heavy atom. The van der Waals surface area contributed by atoms with Crippen LogP contribution in [-0.2, 0) is 27.3 Å². The minimum absolute atomic E-state index is 0.0696. The highest BCUT2D eigenvalue weighted by Crippen LogP contribution is 2.23. The van der Waals surface area contributed by atoms with E-state index in [9.17, 15) is 19.7 Å². The van der Waals surface area contributed by atoms with E-state index in [0.717, 1.165) is 5.56 Å². The first-order chi connectivity index (χ1) is 14.9. The lowest BCUT2D eigenvalue weighted by molar-refractivity contribution is -0.384. The Morgan fingerprint density at radius 2 is 1.87 bits per heavy atom. The third-order valence-electron chi connectivity index (χ3n) is 4.28. The fraction of sp³-hybridized carbons (Fsp3) is 0.286. The molecule has 1 amide bonds. The first-order valence-corrected chi connectivity index (χ1v) is 10.5. The molecule has 0 unspecified atom stereocenters. The maximum Gasteiger partial charge on any atom is 0.326 e. The summed E-state index contributed by atoms with van der Waals surface area (Å²) in [6.45, 7) is 4.12. The van der Waals surface area contributed by atoms with Gasteiger partial charge in [0.05, 0.1) is 34.8 Å². The Kier molecular flexibility index (Phi) is 7.14. The number of amides is 1. The molecule has 10 heteroatoms. The molecule has 0 saturated heterocycles. The number of thiazole rings is 1. The molecule has 3 aromatic rings. The molecule has 0 fully saturated rings. The van der Waals surface area contributed by atoms with Crippen LogP contribution in [0.2, 0.25) is 0 Å². The number of nitrogens with zero attached hydrogens (tertiary/aromatic N) is 3. The molecular formula is C21H21N3O6S. The fourth-order valence-corrected chi connectivity index (χ4v) is 3.96. The van der Waals surface area contributed by atoms with Gasteiger partial charge in [-0.1, -0.05) is 23.5 Å². The summed E-state index contributed by atoms with van der Waals surface area (Å²) in [4.78, 5) is 39.7. The maximum atomic E-state index is 12.6. The second kappa shape index (κ2) is 9.98. The molecule has 0 aliphatic rings. The van der Waals surface area contributed by atoms with Crippen molar-refractivity contribution >= 4 is 39.1 Å². The van der Waals surface area contributed by atoms with E-state index in [1.807, 2.05) is 6.92 Å². The molecule has 0 aliphatic heterocycles. The van der Waals surface area contributed by atoms with Gasteiger partial charge >= 0.3 is 5.97 Å². The van der Waals surface area contributed by atoms with Crippen LogP contribution in [0.3, 0.4) is 0 Å². The number of benzene rings is 2. The van der Waals surface area contributed by atoms with E-state index in [2.05, 4.69) is 4.99 Å². The standard InChI is InChI=1S/C21H21N3O6S/c1-3-29-16-8-5-14(6-9-16)11-19(25)22-21-23(13-20(26)30-4-2)17-12-15(24(27)28)7-10-18(17)31-21/h5-10,12H,3-4,11,13H2,1-2H3. The van der Waals surface area contributed by atoms with Crippen LogP contribution < -0.4 is 9.54 Å². The van der Waals surface area contributed by atoms with Crippen molar-refractivity contribution in [2.75, 3.05) is 13.2 Å². The third-order valence-corrected chi connectivity index (χ3v) is 5.34. The summed E-state index contributed by atoms with van der Waals surface area (Å²) in [5.74, 6) is -0.203. The highest BCUT2D eigenvalue weighted by molar-refractivity contribution is 7.16. The molecule has 2 aromatic carbocycles. The molecule has 0 radical (unpaired) electrons. The molecule has 31 heavy (non-hydrogen) atoms. The van der Waals surface area contributed by atoms with Crippen LogP contribution in [0.15, 0.2) is 47.5 Å². The number of hydrogen-bond donors (Lipinski definition) is 0. The molecular weight excluding hydrogens is 422 g/mol. The van der Waals surface area contributed by atoms with Gasteiger partial charge in [0, 0.05) is 12.1 Å². The van der Waals surface area contributed by atoms with Gasteiger partial charge in [0.25, 0.3) is 11.6 Å². The number of esters is 1. The third kappa shape index (κ3) is 5.54. The van der Waals surface area contributed by atoms with Gasteiger partial charge in [-0.05, 0) is 37.6 Å². The first kappa shape index (κ1) is 22.2. The summed E-state index contributed by atoms with van der Waals surface area (Å²) in [6, 6.07) is 11.5. The Labute approximate surface area is 181 Å². The molecule has 1 heterocycles. The summed E-state index contributed by atoms with van der Waals surface area (Å²) in [5.41, 5.74) is 1.10. The van der Waals surface area contributed by atoms with Gasteiger partial charge in [0.15, 0.2) is 4.80 Å². The Hall–Kier alpha value is -3.53. The van der Waals surface area contributed by atoms with Gasteiger partial charge in [-0.3, -0.25) is 19.7 Å². The van der Waals surface area contributed by atoms with Crippen molar-refractivity contribution in [1.82, 2.24) is 4.57 Å². The minimum Gasteiger partial charge on any atom is -0.494 e. The number of rotatable bonds is 8. The predicted molar refractivity (Wildman–Crippen MR) is 115 cm³/mol. The number of non-ortho nitro benzene ring substituents is 1. The van der Waals surface area contributed by atoms with E-state index in [1.54, 1.807) is 37.3 Å². The van der Waals surface area contributed by atoms with Crippen molar-refractivity contribution in [3.05, 3.63) is 62.9 Å². The summed E-state index contributed by atoms with van der Waals surface area (Å²) in [6.07, 6.45) is 0.0696. The summed E-state index contributed by atoms with van der Waals surface area (Å²) < 4.78 is 12.5. The summed E-state index contributed by atoms with van der Waals surface area (Å²) in [7, 11) is 0. The number of nitro benzene ring substituents is 1. The van der Waals surface area contributed by atoms with Crippen LogP contribution in [-0.4, -0.2) is 34.6 Å². The number of carbonyl (C=O) groups excluding carboxylic acids is 2. The van der Waals surface area contributed by atoms with Crippen LogP contribution in [0.4, 0.5) is 5.69 Å². The van der Waals surface area contributed by atoms with E-state index >= 15 is 0 Å². The van der Waals surface area contributed by atoms with E-state index in [0.29, 0.717) is 22.6 Å². The normalized spacial score (nSPS) is 11.5. The zero-order valence-corrected chi connectivity index (χ0v) is 17.9. The van der Waals surface area contributed by atoms with Crippen molar-refractivity contribution in [2.45, 2.75) is 26.8 Å². The van der Waals surface area contributed by atoms with Crippen molar-refractivity contribution in [1.29, 1.82) is 0 Å². The summed E-state index contributed by atoms with van der Waals surface area (Å²) >= 11 is 1.18. The predicted octanol–water partition coefficient (Wildman–Crippen LogP) is 3.24. The zero-order valence-electron chi connectivity index (χ0n) is 17.1. The minimum atomic E-state index is -0.519. The number of aromatic nitrogens is 1. The van der Waals surface area contributed by atoms with Crippen LogP contribution in [0, 0.1) is 10.1 Å². The van der Waals surface area contributed by atoms with Crippen LogP contribution in [0.5, 0.6) is 5.75 Å². The van der Waals surface area contributed by atoms with E-state index in [4.69, 9.17) is 9.47 Å². The number of hydrogen-bond acceptors (Lipinski definition) is 7. The highest BCUT2D eigenvalue weighted by atomic mass is 32.1. The van der Waals surface area contributed by atoms with Gasteiger partial charge in [0.2, 0.25) is 0 Å². The number of carbonyl (C=O) groups is 2. The lowest BCUT2D eigenvalue weighted by Crippen LogP contribution is -2.23. The Bertz CT molecular complexity index is 1180. The van der Waals surface area contributed by atoms with Crippen molar-refractivity contribution in [2.24, 2.45) is 4.99 Å². The number of nitro groups is 1. The molecule has 0 atom stereocenters. The molecule has 1 aromatic heterocycles. The molecule has 9 nitrogen and oxygen atoms in total. The Morgan fingerprint density at radius 3 is 2.52 bits per heavy atom. The van der Waals surface area contributed by atoms with E-state index < -0.39 is 16.8 Å². The molecule has 0 bridgehead atoms. The highest BCUT2D eigenvalue weighted by Gasteiger charge is 2.16. The van der Waals surface area contributed by atoms with Crippen molar-refractivity contribution < 1.29 is 24.0 Å². The second-order valence-corrected chi connectivity index (χ2v) is 7.45. The SMILES string of the molecule is CCOC(=O)Cn1c(=NC(=O)Cc2ccc(OCC)cc2)sc2ccc([N+](=O)[O-])cc21. The largest absolute Gasteiger partial charge is 0.494 e. The monoisotopic (exact) mass is 443 g/mol. The van der Waals surface area contributed by atoms with Crippen LogP contribution in [0.25, 0.3) is 10.2 Å². The van der Waals surface area contributed by atoms with Crippen molar-refractivity contribution in [3.8, 4) is 5.75 Å². The first-order valence-electron chi connectivity index (χ1n) is 9.64. The molecule has 0 spiro atoms. The molecule has 0 N–H and O–H groups in total. The van der Waals surface area contributed by atoms with Crippen molar-refractivity contribution in [3.63, 3.8) is 0 Å². The fourth-order valence-electron chi connectivity index (χ4n) is 2.94. The van der Waals surface area contributed by atoms with Gasteiger partial charge in [-0.2, -0.15) is 4.99 Å². The molecule has 0 aliphatic carbocycles. The van der Waals surface area contributed by atoms with E-state index in [-0.39, 0.29) is 30.1 Å². The average Bonchev–Trinajstić information content (AvgIpc) is 3.06. The Balaban J connectivity index is 1.96. The lowest BCUT2D eigenvalue weighted by atomic mass is 10.1. The van der Waals surface area contributed by atoms with Gasteiger partial charge in [-0.25, -0.2) is 0 Å². The molecule has 3 rings (SSSR count). The zero-order chi connectivity index (χ0) is 22.4. The molecule has 162 valence electrons. The van der Waals surface area contributed by atoms with Crippen LogP contribution in [0.1, 0.15) is 19.4 Å². The maximum absolute atomic E-state index is 12.6.